The second-order valence-corrected chi connectivity index (χ2v) is 8.12. The Morgan fingerprint density at radius 2 is 2.15 bits per heavy atom. The molecule has 2 heterocycles. The van der Waals surface area contributed by atoms with E-state index in [4.69, 9.17) is 21.8 Å². The van der Waals surface area contributed by atoms with Crippen LogP contribution in [0.1, 0.15) is 16.4 Å². The van der Waals surface area contributed by atoms with Crippen LogP contribution in [0.15, 0.2) is 27.5 Å². The fourth-order valence-electron chi connectivity index (χ4n) is 1.79. The van der Waals surface area contributed by atoms with Gasteiger partial charge in [-0.15, -0.1) is 11.3 Å². The largest absolute Gasteiger partial charge is 0.464 e. The summed E-state index contributed by atoms with van der Waals surface area (Å²) in [6, 6.07) is 5.03. The number of furan rings is 1. The third-order valence-electron chi connectivity index (χ3n) is 2.82. The number of rotatable bonds is 5. The standard InChI is InChI=1S/C12H15ClN2O3S2/c1-8-11(5-9(6-14)18-8)20(16,17)15(2)7-10-3-4-12(13)19-10/h3-5H,6-7,14H2,1-2H3. The molecule has 20 heavy (non-hydrogen) atoms. The molecule has 0 saturated heterocycles. The second-order valence-electron chi connectivity index (χ2n) is 4.30. The summed E-state index contributed by atoms with van der Waals surface area (Å²) in [5, 5.41) is 0. The Kier molecular flexibility index (Phi) is 4.55. The van der Waals surface area contributed by atoms with Gasteiger partial charge < -0.3 is 10.2 Å². The topological polar surface area (TPSA) is 76.5 Å². The van der Waals surface area contributed by atoms with Crippen LogP contribution in [0.3, 0.4) is 0 Å². The van der Waals surface area contributed by atoms with Crippen molar-refractivity contribution in [2.24, 2.45) is 5.73 Å². The van der Waals surface area contributed by atoms with Crippen molar-refractivity contribution < 1.29 is 12.8 Å². The van der Waals surface area contributed by atoms with E-state index in [1.807, 2.05) is 6.07 Å². The van der Waals surface area contributed by atoms with Gasteiger partial charge in [0, 0.05) is 24.5 Å². The highest BCUT2D eigenvalue weighted by Crippen LogP contribution is 2.27. The van der Waals surface area contributed by atoms with Crippen LogP contribution in [0.2, 0.25) is 4.34 Å². The summed E-state index contributed by atoms with van der Waals surface area (Å²) in [5.74, 6) is 0.801. The third kappa shape index (κ3) is 3.07. The summed E-state index contributed by atoms with van der Waals surface area (Å²) in [6.45, 7) is 2.05. The Morgan fingerprint density at radius 3 is 2.65 bits per heavy atom. The van der Waals surface area contributed by atoms with E-state index in [9.17, 15) is 8.42 Å². The summed E-state index contributed by atoms with van der Waals surface area (Å²) < 4.78 is 32.2. The zero-order valence-corrected chi connectivity index (χ0v) is 13.5. The van der Waals surface area contributed by atoms with Crippen LogP contribution in [0.5, 0.6) is 0 Å². The smallest absolute Gasteiger partial charge is 0.246 e. The van der Waals surface area contributed by atoms with Crippen LogP contribution in [0.25, 0.3) is 0 Å². The number of halogens is 1. The lowest BCUT2D eigenvalue weighted by molar-refractivity contribution is 0.458. The minimum atomic E-state index is -3.60. The summed E-state index contributed by atoms with van der Waals surface area (Å²) in [6.07, 6.45) is 0. The van der Waals surface area contributed by atoms with Crippen molar-refractivity contribution in [1.82, 2.24) is 4.31 Å². The highest BCUT2D eigenvalue weighted by Gasteiger charge is 2.26. The summed E-state index contributed by atoms with van der Waals surface area (Å²) in [7, 11) is -2.07. The Bertz CT molecular complexity index is 706. The zero-order valence-electron chi connectivity index (χ0n) is 11.1. The van der Waals surface area contributed by atoms with Crippen LogP contribution in [-0.4, -0.2) is 19.8 Å². The molecule has 0 aliphatic heterocycles. The second kappa shape index (κ2) is 5.87. The molecule has 0 saturated carbocycles. The fraction of sp³-hybridized carbons (Fsp3) is 0.333. The van der Waals surface area contributed by atoms with E-state index in [-0.39, 0.29) is 18.0 Å². The highest BCUT2D eigenvalue weighted by atomic mass is 35.5. The number of thiophene rings is 1. The maximum absolute atomic E-state index is 12.5. The molecule has 2 rings (SSSR count). The Hall–Kier alpha value is -0.860. The quantitative estimate of drug-likeness (QED) is 0.911. The van der Waals surface area contributed by atoms with Crippen LogP contribution in [-0.2, 0) is 23.1 Å². The monoisotopic (exact) mass is 334 g/mol. The molecule has 5 nitrogen and oxygen atoms in total. The molecule has 0 aromatic carbocycles. The van der Waals surface area contributed by atoms with Crippen LogP contribution >= 0.6 is 22.9 Å². The third-order valence-corrected chi connectivity index (χ3v) is 5.95. The van der Waals surface area contributed by atoms with E-state index in [2.05, 4.69) is 0 Å². The van der Waals surface area contributed by atoms with Gasteiger partial charge in [0.1, 0.15) is 16.4 Å². The average molecular weight is 335 g/mol. The lowest BCUT2D eigenvalue weighted by Crippen LogP contribution is -2.26. The number of nitrogens with two attached hydrogens (primary N) is 1. The van der Waals surface area contributed by atoms with Gasteiger partial charge in [-0.3, -0.25) is 0 Å². The van der Waals surface area contributed by atoms with Crippen molar-refractivity contribution in [3.05, 3.63) is 38.9 Å². The van der Waals surface area contributed by atoms with Crippen LogP contribution in [0.4, 0.5) is 0 Å². The molecule has 0 aliphatic carbocycles. The predicted octanol–water partition coefficient (Wildman–Crippen LogP) is 2.58. The summed E-state index contributed by atoms with van der Waals surface area (Å²) in [5.41, 5.74) is 5.46. The Balaban J connectivity index is 2.26. The minimum absolute atomic E-state index is 0.156. The molecule has 110 valence electrons. The van der Waals surface area contributed by atoms with E-state index in [0.29, 0.717) is 15.9 Å². The minimum Gasteiger partial charge on any atom is -0.464 e. The lowest BCUT2D eigenvalue weighted by Gasteiger charge is -2.15. The molecule has 0 radical (unpaired) electrons. The van der Waals surface area contributed by atoms with Crippen LogP contribution in [0, 0.1) is 6.92 Å². The maximum Gasteiger partial charge on any atom is 0.246 e. The van der Waals surface area contributed by atoms with Crippen molar-refractivity contribution in [3.8, 4) is 0 Å². The number of hydrogen-bond acceptors (Lipinski definition) is 5. The normalized spacial score (nSPS) is 12.2. The molecular formula is C12H15ClN2O3S2. The van der Waals surface area contributed by atoms with Gasteiger partial charge >= 0.3 is 0 Å². The molecule has 0 bridgehead atoms. The molecular weight excluding hydrogens is 320 g/mol. The molecule has 0 spiro atoms. The SMILES string of the molecule is Cc1oc(CN)cc1S(=O)(=O)N(C)Cc1ccc(Cl)s1. The number of sulfonamides is 1. The molecule has 2 aromatic rings. The van der Waals surface area contributed by atoms with E-state index < -0.39 is 10.0 Å². The molecule has 2 aromatic heterocycles. The van der Waals surface area contributed by atoms with Gasteiger partial charge in [-0.25, -0.2) is 8.42 Å². The summed E-state index contributed by atoms with van der Waals surface area (Å²) >= 11 is 7.20. The van der Waals surface area contributed by atoms with Gasteiger partial charge in [0.25, 0.3) is 0 Å². The Morgan fingerprint density at radius 1 is 1.45 bits per heavy atom. The van der Waals surface area contributed by atoms with Crippen molar-refractivity contribution in [1.29, 1.82) is 0 Å². The first kappa shape index (κ1) is 15.5. The Labute approximate surface area is 127 Å². The van der Waals surface area contributed by atoms with E-state index in [0.717, 1.165) is 4.88 Å². The maximum atomic E-state index is 12.5. The predicted molar refractivity (Wildman–Crippen MR) is 79.3 cm³/mol. The first-order chi connectivity index (χ1) is 9.34. The zero-order chi connectivity index (χ0) is 14.9. The highest BCUT2D eigenvalue weighted by molar-refractivity contribution is 7.89. The van der Waals surface area contributed by atoms with Crippen molar-refractivity contribution in [3.63, 3.8) is 0 Å². The van der Waals surface area contributed by atoms with Gasteiger partial charge in [0.2, 0.25) is 10.0 Å². The van der Waals surface area contributed by atoms with Crippen molar-refractivity contribution in [2.45, 2.75) is 24.9 Å². The molecule has 0 amide bonds. The molecule has 8 heteroatoms. The molecule has 0 atom stereocenters. The molecule has 0 unspecified atom stereocenters. The van der Waals surface area contributed by atoms with Crippen LogP contribution < -0.4 is 5.73 Å². The molecule has 0 fully saturated rings. The van der Waals surface area contributed by atoms with Gasteiger partial charge in [0.05, 0.1) is 10.9 Å². The first-order valence-electron chi connectivity index (χ1n) is 5.84. The van der Waals surface area contributed by atoms with Gasteiger partial charge in [-0.1, -0.05) is 11.6 Å². The first-order valence-corrected chi connectivity index (χ1v) is 8.48. The van der Waals surface area contributed by atoms with E-state index in [1.165, 1.54) is 28.8 Å². The fourth-order valence-corrected chi connectivity index (χ4v) is 4.34. The lowest BCUT2D eigenvalue weighted by atomic mass is 10.4. The van der Waals surface area contributed by atoms with E-state index >= 15 is 0 Å². The number of aryl methyl sites for hydroxylation is 1. The van der Waals surface area contributed by atoms with Gasteiger partial charge in [-0.2, -0.15) is 4.31 Å². The number of nitrogens with zero attached hydrogens (tertiary/aromatic N) is 1. The number of hydrogen-bond donors (Lipinski definition) is 1. The average Bonchev–Trinajstić information content (AvgIpc) is 2.95. The van der Waals surface area contributed by atoms with Gasteiger partial charge in [-0.05, 0) is 19.1 Å². The summed E-state index contributed by atoms with van der Waals surface area (Å²) in [4.78, 5) is 1.03. The van der Waals surface area contributed by atoms with Gasteiger partial charge in [0.15, 0.2) is 0 Å². The van der Waals surface area contributed by atoms with E-state index in [1.54, 1.807) is 13.0 Å². The molecule has 2 N–H and O–H groups in total. The van der Waals surface area contributed by atoms with Crippen molar-refractivity contribution >= 4 is 33.0 Å². The molecule has 0 aliphatic rings. The van der Waals surface area contributed by atoms with Crippen molar-refractivity contribution in [2.75, 3.05) is 7.05 Å².